The van der Waals surface area contributed by atoms with Gasteiger partial charge in [-0.05, 0) is 12.6 Å². The molecule has 18 heavy (non-hydrogen) atoms. The molecule has 4 nitrogen and oxygen atoms in total. The van der Waals surface area contributed by atoms with E-state index in [2.05, 4.69) is 14.7 Å². The highest BCUT2D eigenvalue weighted by atomic mass is 19.3. The van der Waals surface area contributed by atoms with Crippen molar-refractivity contribution in [1.29, 1.82) is 0 Å². The Morgan fingerprint density at radius 3 is 2.72 bits per heavy atom. The second-order valence-electron chi connectivity index (χ2n) is 3.56. The lowest BCUT2D eigenvalue weighted by atomic mass is 10.3. The van der Waals surface area contributed by atoms with E-state index in [4.69, 9.17) is 5.73 Å². The van der Waals surface area contributed by atoms with Gasteiger partial charge < -0.3 is 10.5 Å². The van der Waals surface area contributed by atoms with Crippen molar-refractivity contribution in [3.05, 3.63) is 23.8 Å². The lowest BCUT2D eigenvalue weighted by Gasteiger charge is -2.14. The molecular formula is C10H13F4N3O. The third-order valence-electron chi connectivity index (χ3n) is 2.01. The second kappa shape index (κ2) is 6.60. The van der Waals surface area contributed by atoms with Crippen molar-refractivity contribution in [2.45, 2.75) is 25.4 Å². The zero-order valence-electron chi connectivity index (χ0n) is 9.45. The fourth-order valence-corrected chi connectivity index (χ4v) is 1.14. The van der Waals surface area contributed by atoms with E-state index in [1.165, 1.54) is 6.20 Å². The van der Waals surface area contributed by atoms with Gasteiger partial charge in [0.1, 0.15) is 13.2 Å². The van der Waals surface area contributed by atoms with E-state index in [1.807, 2.05) is 0 Å². The molecule has 0 aliphatic rings. The Morgan fingerprint density at radius 2 is 2.11 bits per heavy atom. The number of alkyl halides is 4. The van der Waals surface area contributed by atoms with E-state index in [1.54, 1.807) is 6.07 Å². The first kappa shape index (κ1) is 14.8. The van der Waals surface area contributed by atoms with Crippen molar-refractivity contribution in [3.8, 4) is 0 Å². The topological polar surface area (TPSA) is 61.0 Å². The van der Waals surface area contributed by atoms with Gasteiger partial charge in [-0.3, -0.25) is 0 Å². The van der Waals surface area contributed by atoms with Crippen LogP contribution in [-0.2, 0) is 17.8 Å². The van der Waals surface area contributed by atoms with Crippen LogP contribution in [0, 0.1) is 0 Å². The minimum absolute atomic E-state index is 0.158. The maximum Gasteiger partial charge on any atom is 0.330 e. The zero-order chi connectivity index (χ0) is 13.6. The molecule has 1 heterocycles. The van der Waals surface area contributed by atoms with Crippen LogP contribution in [0.2, 0.25) is 0 Å². The average molecular weight is 267 g/mol. The fourth-order valence-electron chi connectivity index (χ4n) is 1.14. The van der Waals surface area contributed by atoms with Crippen molar-refractivity contribution < 1.29 is 22.3 Å². The van der Waals surface area contributed by atoms with E-state index in [0.717, 1.165) is 0 Å². The number of ether oxygens (including phenoxy) is 1. The molecule has 0 aromatic carbocycles. The first-order chi connectivity index (χ1) is 8.45. The summed E-state index contributed by atoms with van der Waals surface area (Å²) in [5, 5.41) is 0. The molecule has 0 bridgehead atoms. The first-order valence-corrected chi connectivity index (χ1v) is 5.20. The third-order valence-corrected chi connectivity index (χ3v) is 2.01. The number of aromatic nitrogens is 2. The van der Waals surface area contributed by atoms with Gasteiger partial charge in [0.2, 0.25) is 0 Å². The number of nitrogens with zero attached hydrogens (tertiary/aromatic N) is 2. The lowest BCUT2D eigenvalue weighted by Crippen LogP contribution is -2.32. The van der Waals surface area contributed by atoms with Crippen LogP contribution in [0.3, 0.4) is 0 Å². The van der Waals surface area contributed by atoms with Crippen LogP contribution in [0.1, 0.15) is 11.5 Å². The number of hydrogen-bond acceptors (Lipinski definition) is 4. The Balaban J connectivity index is 2.46. The Labute approximate surface area is 101 Å². The van der Waals surface area contributed by atoms with Gasteiger partial charge in [-0.25, -0.2) is 18.7 Å². The highest BCUT2D eigenvalue weighted by molar-refractivity contribution is 5.02. The summed E-state index contributed by atoms with van der Waals surface area (Å²) in [7, 11) is 0. The van der Waals surface area contributed by atoms with Crippen LogP contribution < -0.4 is 5.73 Å². The van der Waals surface area contributed by atoms with Gasteiger partial charge in [0.15, 0.2) is 5.82 Å². The lowest BCUT2D eigenvalue weighted by molar-refractivity contribution is -0.168. The van der Waals surface area contributed by atoms with E-state index in [0.29, 0.717) is 18.7 Å². The maximum atomic E-state index is 12.5. The van der Waals surface area contributed by atoms with E-state index >= 15 is 0 Å². The third kappa shape index (κ3) is 4.53. The molecule has 0 saturated heterocycles. The van der Waals surface area contributed by atoms with E-state index in [-0.39, 0.29) is 12.4 Å². The highest BCUT2D eigenvalue weighted by Gasteiger charge is 2.40. The molecule has 0 atom stereocenters. The quantitative estimate of drug-likeness (QED) is 0.758. The second-order valence-corrected chi connectivity index (χ2v) is 3.56. The summed E-state index contributed by atoms with van der Waals surface area (Å²) in [4.78, 5) is 7.76. The molecule has 102 valence electrons. The Kier molecular flexibility index (Phi) is 5.42. The van der Waals surface area contributed by atoms with Gasteiger partial charge in [-0.1, -0.05) is 0 Å². The molecule has 2 N–H and O–H groups in total. The summed E-state index contributed by atoms with van der Waals surface area (Å²) in [6, 6.07) is 1.63. The first-order valence-electron chi connectivity index (χ1n) is 5.20. The van der Waals surface area contributed by atoms with Crippen molar-refractivity contribution in [1.82, 2.24) is 9.97 Å². The Hall–Kier alpha value is -1.28. The molecule has 1 rings (SSSR count). The summed E-state index contributed by atoms with van der Waals surface area (Å²) in [5.41, 5.74) is 5.97. The predicted octanol–water partition coefficient (Wildman–Crippen LogP) is 1.39. The van der Waals surface area contributed by atoms with Gasteiger partial charge in [0, 0.05) is 18.3 Å². The van der Waals surface area contributed by atoms with Crippen molar-refractivity contribution in [2.75, 3.05) is 13.2 Å². The summed E-state index contributed by atoms with van der Waals surface area (Å²) in [5.74, 6) is -4.00. The normalized spacial score (nSPS) is 12.1. The van der Waals surface area contributed by atoms with Gasteiger partial charge in [-0.2, -0.15) is 8.78 Å². The summed E-state index contributed by atoms with van der Waals surface area (Å²) in [6.07, 6.45) is -1.80. The van der Waals surface area contributed by atoms with E-state index < -0.39 is 19.0 Å². The van der Waals surface area contributed by atoms with Crippen LogP contribution in [0.15, 0.2) is 12.3 Å². The average Bonchev–Trinajstić information content (AvgIpc) is 2.29. The van der Waals surface area contributed by atoms with Gasteiger partial charge in [0.05, 0.1) is 0 Å². The van der Waals surface area contributed by atoms with E-state index in [9.17, 15) is 17.6 Å². The van der Waals surface area contributed by atoms with Crippen LogP contribution >= 0.6 is 0 Å². The molecule has 0 spiro atoms. The van der Waals surface area contributed by atoms with Crippen LogP contribution in [-0.4, -0.2) is 35.5 Å². The smallest absolute Gasteiger partial charge is 0.330 e. The molecule has 1 aromatic rings. The number of hydrogen-bond donors (Lipinski definition) is 1. The molecule has 0 fully saturated rings. The van der Waals surface area contributed by atoms with Crippen molar-refractivity contribution >= 4 is 0 Å². The summed E-state index contributed by atoms with van der Waals surface area (Å²) < 4.78 is 53.2. The molecule has 0 saturated carbocycles. The van der Waals surface area contributed by atoms with Gasteiger partial charge in [-0.15, -0.1) is 0 Å². The van der Waals surface area contributed by atoms with Crippen molar-refractivity contribution in [3.63, 3.8) is 0 Å². The monoisotopic (exact) mass is 267 g/mol. The Morgan fingerprint density at radius 1 is 1.39 bits per heavy atom. The van der Waals surface area contributed by atoms with Crippen LogP contribution in [0.5, 0.6) is 0 Å². The minimum Gasteiger partial charge on any atom is -0.367 e. The molecule has 0 aliphatic heterocycles. The minimum atomic E-state index is -4.16. The largest absolute Gasteiger partial charge is 0.367 e. The van der Waals surface area contributed by atoms with Crippen LogP contribution in [0.25, 0.3) is 0 Å². The highest BCUT2D eigenvalue weighted by Crippen LogP contribution is 2.23. The zero-order valence-corrected chi connectivity index (χ0v) is 9.45. The fraction of sp³-hybridized carbons (Fsp3) is 0.600. The molecule has 0 aliphatic carbocycles. The molecule has 0 amide bonds. The predicted molar refractivity (Wildman–Crippen MR) is 55.4 cm³/mol. The molecule has 1 aromatic heterocycles. The molecule has 8 heteroatoms. The van der Waals surface area contributed by atoms with Crippen LogP contribution in [0.4, 0.5) is 17.6 Å². The number of nitrogens with two attached hydrogens (primary N) is 1. The van der Waals surface area contributed by atoms with Crippen molar-refractivity contribution in [2.24, 2.45) is 5.73 Å². The molecule has 0 radical (unpaired) electrons. The standard InChI is InChI=1S/C10H13F4N3O/c11-9(12)10(13,14)6-18-5-8-16-4-2-7(17-8)1-3-15/h2,4,9H,1,3,5-6,15H2. The maximum absolute atomic E-state index is 12.5. The molecular weight excluding hydrogens is 254 g/mol. The van der Waals surface area contributed by atoms with Gasteiger partial charge in [0.25, 0.3) is 0 Å². The Bertz CT molecular complexity index is 376. The number of halogens is 4. The SMILES string of the molecule is NCCc1ccnc(COCC(F)(F)C(F)F)n1. The summed E-state index contributed by atoms with van der Waals surface area (Å²) in [6.45, 7) is -1.32. The number of rotatable bonds is 7. The molecule has 0 unspecified atom stereocenters. The summed E-state index contributed by atoms with van der Waals surface area (Å²) >= 11 is 0. The van der Waals surface area contributed by atoms with Gasteiger partial charge >= 0.3 is 12.3 Å².